The van der Waals surface area contributed by atoms with E-state index in [-0.39, 0.29) is 5.69 Å². The number of amides is 1. The molecule has 1 amide bonds. The number of hydrogen-bond donors (Lipinski definition) is 1. The van der Waals surface area contributed by atoms with Crippen LogP contribution >= 0.6 is 0 Å². The number of pyridine rings is 3. The van der Waals surface area contributed by atoms with Gasteiger partial charge in [0, 0.05) is 40.5 Å². The molecule has 5 rings (SSSR count). The number of anilines is 1. The maximum atomic E-state index is 13.5. The standard InChI is InChI=1S/C29H23F3N4O3/c1-28(2,3)39-27(38)35-23-8-5-13-33-25(23)17-9-11-22-21(14-17)26-18(16-34-22)10-12-24(37)36(26)20-7-4-6-19(15-20)29(30,31)32/h4-16H,1-3H3,(H,35,38). The van der Waals surface area contributed by atoms with Crippen LogP contribution in [0, 0.1) is 0 Å². The second kappa shape index (κ2) is 9.54. The summed E-state index contributed by atoms with van der Waals surface area (Å²) in [6, 6.07) is 16.1. The Kier molecular flexibility index (Phi) is 6.33. The van der Waals surface area contributed by atoms with Gasteiger partial charge >= 0.3 is 12.3 Å². The molecule has 0 fully saturated rings. The van der Waals surface area contributed by atoms with E-state index in [1.807, 2.05) is 0 Å². The number of fused-ring (bicyclic) bond motifs is 3. The first kappa shape index (κ1) is 25.9. The van der Waals surface area contributed by atoms with Crippen LogP contribution in [0.4, 0.5) is 23.7 Å². The number of carbonyl (C=O) groups is 1. The van der Waals surface area contributed by atoms with Crippen molar-refractivity contribution >= 4 is 33.6 Å². The molecule has 0 aliphatic rings. The van der Waals surface area contributed by atoms with Crippen molar-refractivity contribution in [2.24, 2.45) is 0 Å². The van der Waals surface area contributed by atoms with E-state index in [2.05, 4.69) is 15.3 Å². The zero-order chi connectivity index (χ0) is 27.9. The number of carbonyl (C=O) groups excluding carboxylic acids is 1. The minimum absolute atomic E-state index is 0.0726. The van der Waals surface area contributed by atoms with Gasteiger partial charge in [0.1, 0.15) is 5.60 Å². The highest BCUT2D eigenvalue weighted by molar-refractivity contribution is 6.05. The second-order valence-electron chi connectivity index (χ2n) is 9.88. The van der Waals surface area contributed by atoms with Gasteiger partial charge < -0.3 is 4.74 Å². The number of nitrogens with one attached hydrogen (secondary N) is 1. The smallest absolute Gasteiger partial charge is 0.416 e. The Labute approximate surface area is 220 Å². The Morgan fingerprint density at radius 3 is 2.49 bits per heavy atom. The molecule has 39 heavy (non-hydrogen) atoms. The lowest BCUT2D eigenvalue weighted by Crippen LogP contribution is -2.27. The van der Waals surface area contributed by atoms with Gasteiger partial charge in [0.15, 0.2) is 0 Å². The van der Waals surface area contributed by atoms with Gasteiger partial charge in [-0.3, -0.25) is 24.6 Å². The first-order valence-electron chi connectivity index (χ1n) is 12.0. The van der Waals surface area contributed by atoms with E-state index in [4.69, 9.17) is 4.74 Å². The van der Waals surface area contributed by atoms with Crippen LogP contribution in [0.1, 0.15) is 26.3 Å². The van der Waals surface area contributed by atoms with Gasteiger partial charge in [0.25, 0.3) is 5.56 Å². The number of alkyl halides is 3. The van der Waals surface area contributed by atoms with E-state index < -0.39 is 29.0 Å². The molecule has 198 valence electrons. The summed E-state index contributed by atoms with van der Waals surface area (Å²) in [7, 11) is 0. The van der Waals surface area contributed by atoms with E-state index >= 15 is 0 Å². The number of aromatic nitrogens is 3. The largest absolute Gasteiger partial charge is 0.444 e. The summed E-state index contributed by atoms with van der Waals surface area (Å²) in [5.74, 6) is 0. The van der Waals surface area contributed by atoms with Crippen LogP contribution in [0.25, 0.3) is 38.8 Å². The lowest BCUT2D eigenvalue weighted by Gasteiger charge is -2.20. The fourth-order valence-electron chi connectivity index (χ4n) is 4.29. The molecule has 0 bridgehead atoms. The van der Waals surface area contributed by atoms with E-state index in [9.17, 15) is 22.8 Å². The summed E-state index contributed by atoms with van der Waals surface area (Å²) >= 11 is 0. The lowest BCUT2D eigenvalue weighted by molar-refractivity contribution is -0.137. The maximum Gasteiger partial charge on any atom is 0.416 e. The third-order valence-electron chi connectivity index (χ3n) is 5.87. The molecular weight excluding hydrogens is 509 g/mol. The molecule has 0 atom stereocenters. The molecule has 0 aliphatic carbocycles. The van der Waals surface area contributed by atoms with Crippen molar-refractivity contribution in [1.82, 2.24) is 14.5 Å². The van der Waals surface area contributed by atoms with E-state index in [0.717, 1.165) is 12.1 Å². The van der Waals surface area contributed by atoms with Gasteiger partial charge in [-0.2, -0.15) is 13.2 Å². The number of benzene rings is 2. The number of rotatable bonds is 3. The van der Waals surface area contributed by atoms with E-state index in [1.54, 1.807) is 69.6 Å². The van der Waals surface area contributed by atoms with Gasteiger partial charge in [-0.05, 0) is 69.3 Å². The minimum Gasteiger partial charge on any atom is -0.444 e. The molecule has 0 saturated heterocycles. The highest BCUT2D eigenvalue weighted by Gasteiger charge is 2.30. The second-order valence-corrected chi connectivity index (χ2v) is 9.88. The van der Waals surface area contributed by atoms with Gasteiger partial charge in [0.2, 0.25) is 0 Å². The molecule has 5 aromatic rings. The van der Waals surface area contributed by atoms with Crippen LogP contribution in [-0.4, -0.2) is 26.2 Å². The van der Waals surface area contributed by atoms with Crippen LogP contribution in [0.15, 0.2) is 83.9 Å². The van der Waals surface area contributed by atoms with Crippen LogP contribution in [-0.2, 0) is 10.9 Å². The Morgan fingerprint density at radius 2 is 1.74 bits per heavy atom. The molecule has 3 heterocycles. The first-order valence-corrected chi connectivity index (χ1v) is 12.0. The third kappa shape index (κ3) is 5.31. The van der Waals surface area contributed by atoms with Crippen molar-refractivity contribution in [1.29, 1.82) is 0 Å². The van der Waals surface area contributed by atoms with Crippen molar-refractivity contribution in [2.45, 2.75) is 32.5 Å². The molecule has 10 heteroatoms. The summed E-state index contributed by atoms with van der Waals surface area (Å²) < 4.78 is 47.0. The van der Waals surface area contributed by atoms with Crippen LogP contribution in [0.3, 0.4) is 0 Å². The van der Waals surface area contributed by atoms with Gasteiger partial charge in [0.05, 0.1) is 28.0 Å². The number of nitrogens with zero attached hydrogens (tertiary/aromatic N) is 3. The molecule has 7 nitrogen and oxygen atoms in total. The van der Waals surface area contributed by atoms with E-state index in [0.29, 0.717) is 38.8 Å². The highest BCUT2D eigenvalue weighted by atomic mass is 19.4. The number of ether oxygens (including phenoxy) is 1. The first-order chi connectivity index (χ1) is 18.4. The van der Waals surface area contributed by atoms with Gasteiger partial charge in [-0.1, -0.05) is 12.1 Å². The molecular formula is C29H23F3N4O3. The average molecular weight is 533 g/mol. The zero-order valence-electron chi connectivity index (χ0n) is 21.2. The summed E-state index contributed by atoms with van der Waals surface area (Å²) in [6.07, 6.45) is -2.09. The molecule has 0 saturated carbocycles. The fraction of sp³-hybridized carbons (Fsp3) is 0.172. The van der Waals surface area contributed by atoms with Crippen LogP contribution < -0.4 is 10.9 Å². The monoisotopic (exact) mass is 532 g/mol. The van der Waals surface area contributed by atoms with Gasteiger partial charge in [-0.25, -0.2) is 4.79 Å². The van der Waals surface area contributed by atoms with Gasteiger partial charge in [-0.15, -0.1) is 0 Å². The van der Waals surface area contributed by atoms with E-state index in [1.165, 1.54) is 22.8 Å². The molecule has 1 N–H and O–H groups in total. The zero-order valence-corrected chi connectivity index (χ0v) is 21.2. The maximum absolute atomic E-state index is 13.5. The summed E-state index contributed by atoms with van der Waals surface area (Å²) in [5.41, 5.74) is 0.354. The summed E-state index contributed by atoms with van der Waals surface area (Å²) in [4.78, 5) is 34.4. The highest BCUT2D eigenvalue weighted by Crippen LogP contribution is 2.34. The molecule has 2 aromatic carbocycles. The average Bonchev–Trinajstić information content (AvgIpc) is 2.87. The van der Waals surface area contributed by atoms with Crippen molar-refractivity contribution < 1.29 is 22.7 Å². The predicted octanol–water partition coefficient (Wildman–Crippen LogP) is 6.97. The minimum atomic E-state index is -4.57. The molecule has 0 unspecified atom stereocenters. The third-order valence-corrected chi connectivity index (χ3v) is 5.87. The quantitative estimate of drug-likeness (QED) is 0.254. The normalized spacial score (nSPS) is 12.1. The predicted molar refractivity (Wildman–Crippen MR) is 143 cm³/mol. The molecule has 0 spiro atoms. The number of hydrogen-bond acceptors (Lipinski definition) is 5. The van der Waals surface area contributed by atoms with Crippen LogP contribution in [0.2, 0.25) is 0 Å². The Bertz CT molecular complexity index is 1790. The Balaban J connectivity index is 1.71. The summed E-state index contributed by atoms with van der Waals surface area (Å²) in [6.45, 7) is 5.26. The Hall–Kier alpha value is -4.73. The van der Waals surface area contributed by atoms with Crippen molar-refractivity contribution in [3.8, 4) is 16.9 Å². The molecule has 0 aliphatic heterocycles. The molecule has 0 radical (unpaired) electrons. The van der Waals surface area contributed by atoms with Crippen LogP contribution in [0.5, 0.6) is 0 Å². The Morgan fingerprint density at radius 1 is 0.949 bits per heavy atom. The van der Waals surface area contributed by atoms with Crippen molar-refractivity contribution in [3.05, 3.63) is 95.0 Å². The fourth-order valence-corrected chi connectivity index (χ4v) is 4.29. The topological polar surface area (TPSA) is 86.1 Å². The van der Waals surface area contributed by atoms with Crippen molar-refractivity contribution in [2.75, 3.05) is 5.32 Å². The SMILES string of the molecule is CC(C)(C)OC(=O)Nc1cccnc1-c1ccc2ncc3ccc(=O)n(-c4cccc(C(F)(F)F)c4)c3c2c1. The number of halogens is 3. The summed E-state index contributed by atoms with van der Waals surface area (Å²) in [5, 5.41) is 3.80. The lowest BCUT2D eigenvalue weighted by atomic mass is 10.0. The van der Waals surface area contributed by atoms with Crippen molar-refractivity contribution in [3.63, 3.8) is 0 Å². The molecule has 3 aromatic heterocycles.